The van der Waals surface area contributed by atoms with E-state index in [1.54, 1.807) is 41.3 Å². The first kappa shape index (κ1) is 20.0. The van der Waals surface area contributed by atoms with Crippen molar-refractivity contribution in [1.29, 1.82) is 0 Å². The van der Waals surface area contributed by atoms with Gasteiger partial charge >= 0.3 is 0 Å². The van der Waals surface area contributed by atoms with E-state index in [2.05, 4.69) is 0 Å². The number of nitrogens with zero attached hydrogens (tertiary/aromatic N) is 2. The number of hydrogen-bond acceptors (Lipinski definition) is 4. The summed E-state index contributed by atoms with van der Waals surface area (Å²) in [4.78, 5) is 41.7. The second-order valence-corrected chi connectivity index (χ2v) is 7.98. The maximum Gasteiger partial charge on any atom is 0.261 e. The second kappa shape index (κ2) is 8.59. The molecule has 1 aliphatic heterocycles. The highest BCUT2D eigenvalue weighted by atomic mass is 32.1. The molecule has 5 nitrogen and oxygen atoms in total. The predicted molar refractivity (Wildman–Crippen MR) is 113 cm³/mol. The minimum absolute atomic E-state index is 0.147. The summed E-state index contributed by atoms with van der Waals surface area (Å²) in [7, 11) is 0. The van der Waals surface area contributed by atoms with Crippen LogP contribution in [0, 0.1) is 5.82 Å². The summed E-state index contributed by atoms with van der Waals surface area (Å²) in [6, 6.07) is 16.4. The number of rotatable bonds is 7. The van der Waals surface area contributed by atoms with Crippen LogP contribution >= 0.6 is 11.3 Å². The van der Waals surface area contributed by atoms with Crippen LogP contribution in [0.25, 0.3) is 0 Å². The summed E-state index contributed by atoms with van der Waals surface area (Å²) in [5, 5.41) is 1.94. The molecule has 0 aliphatic carbocycles. The van der Waals surface area contributed by atoms with Gasteiger partial charge in [0.2, 0.25) is 5.91 Å². The quantitative estimate of drug-likeness (QED) is 0.527. The third-order valence-electron chi connectivity index (χ3n) is 4.98. The van der Waals surface area contributed by atoms with Gasteiger partial charge in [-0.05, 0) is 54.3 Å². The van der Waals surface area contributed by atoms with E-state index in [1.165, 1.54) is 28.4 Å². The monoisotopic (exact) mass is 422 g/mol. The maximum absolute atomic E-state index is 13.3. The molecule has 4 rings (SSSR count). The van der Waals surface area contributed by atoms with Gasteiger partial charge in [0.15, 0.2) is 0 Å². The van der Waals surface area contributed by atoms with Gasteiger partial charge in [0.1, 0.15) is 5.82 Å². The zero-order chi connectivity index (χ0) is 21.1. The third-order valence-corrected chi connectivity index (χ3v) is 5.85. The lowest BCUT2D eigenvalue weighted by atomic mass is 10.1. The lowest BCUT2D eigenvalue weighted by Gasteiger charge is -2.23. The molecule has 3 amide bonds. The van der Waals surface area contributed by atoms with Crippen molar-refractivity contribution in [1.82, 2.24) is 4.90 Å². The molecule has 152 valence electrons. The number of imide groups is 1. The van der Waals surface area contributed by atoms with E-state index in [4.69, 9.17) is 0 Å². The molecule has 1 aliphatic rings. The smallest absolute Gasteiger partial charge is 0.261 e. The lowest BCUT2D eigenvalue weighted by molar-refractivity contribution is -0.118. The molecule has 0 saturated heterocycles. The van der Waals surface area contributed by atoms with Crippen LogP contribution in [0.1, 0.15) is 38.4 Å². The summed E-state index contributed by atoms with van der Waals surface area (Å²) in [6.45, 7) is 0.559. The number of anilines is 1. The number of fused-ring (bicyclic) bond motifs is 1. The molecular formula is C23H19FN2O3S. The van der Waals surface area contributed by atoms with Gasteiger partial charge in [-0.3, -0.25) is 19.3 Å². The Labute approximate surface area is 177 Å². The Morgan fingerprint density at radius 1 is 0.933 bits per heavy atom. The van der Waals surface area contributed by atoms with Gasteiger partial charge in [0, 0.05) is 23.5 Å². The van der Waals surface area contributed by atoms with E-state index in [0.29, 0.717) is 29.8 Å². The number of benzene rings is 2. The Bertz CT molecular complexity index is 1050. The van der Waals surface area contributed by atoms with Crippen molar-refractivity contribution < 1.29 is 18.8 Å². The molecule has 0 spiro atoms. The molecule has 0 unspecified atom stereocenters. The van der Waals surface area contributed by atoms with E-state index in [1.807, 2.05) is 17.5 Å². The van der Waals surface area contributed by atoms with Crippen molar-refractivity contribution in [2.75, 3.05) is 11.4 Å². The van der Waals surface area contributed by atoms with E-state index in [-0.39, 0.29) is 36.5 Å². The molecule has 0 radical (unpaired) electrons. The van der Waals surface area contributed by atoms with Crippen LogP contribution in [0.3, 0.4) is 0 Å². The van der Waals surface area contributed by atoms with Crippen molar-refractivity contribution >= 4 is 34.7 Å². The first-order valence-electron chi connectivity index (χ1n) is 9.58. The molecule has 1 aromatic heterocycles. The summed E-state index contributed by atoms with van der Waals surface area (Å²) in [6.07, 6.45) is 0.516. The molecular weight excluding hydrogens is 403 g/mol. The molecule has 0 atom stereocenters. The molecule has 0 fully saturated rings. The Hall–Kier alpha value is -3.32. The first-order chi connectivity index (χ1) is 14.5. The highest BCUT2D eigenvalue weighted by Crippen LogP contribution is 2.24. The van der Waals surface area contributed by atoms with E-state index in [9.17, 15) is 18.8 Å². The zero-order valence-corrected chi connectivity index (χ0v) is 16.9. The third kappa shape index (κ3) is 4.02. The van der Waals surface area contributed by atoms with Crippen LogP contribution in [0.15, 0.2) is 66.0 Å². The van der Waals surface area contributed by atoms with E-state index < -0.39 is 0 Å². The lowest BCUT2D eigenvalue weighted by Crippen LogP contribution is -2.33. The average Bonchev–Trinajstić information content (AvgIpc) is 3.35. The van der Waals surface area contributed by atoms with Gasteiger partial charge < -0.3 is 4.90 Å². The average molecular weight is 422 g/mol. The zero-order valence-electron chi connectivity index (χ0n) is 16.1. The minimum atomic E-state index is -0.368. The van der Waals surface area contributed by atoms with Gasteiger partial charge in [-0.2, -0.15) is 0 Å². The molecule has 30 heavy (non-hydrogen) atoms. The van der Waals surface area contributed by atoms with Crippen LogP contribution in [-0.4, -0.2) is 29.2 Å². The highest BCUT2D eigenvalue weighted by molar-refractivity contribution is 7.09. The van der Waals surface area contributed by atoms with Crippen molar-refractivity contribution in [2.24, 2.45) is 0 Å². The second-order valence-electron chi connectivity index (χ2n) is 6.95. The minimum Gasteiger partial charge on any atom is -0.307 e. The van der Waals surface area contributed by atoms with Gasteiger partial charge in [-0.15, -0.1) is 11.3 Å². The summed E-state index contributed by atoms with van der Waals surface area (Å²) >= 11 is 1.54. The number of halogens is 1. The Morgan fingerprint density at radius 2 is 1.60 bits per heavy atom. The maximum atomic E-state index is 13.3. The Balaban J connectivity index is 1.42. The molecule has 2 aromatic carbocycles. The molecule has 3 aromatic rings. The van der Waals surface area contributed by atoms with Crippen LogP contribution in [0.2, 0.25) is 0 Å². The van der Waals surface area contributed by atoms with Crippen molar-refractivity contribution in [3.63, 3.8) is 0 Å². The van der Waals surface area contributed by atoms with Crippen LogP contribution in [0.4, 0.5) is 10.1 Å². The van der Waals surface area contributed by atoms with Gasteiger partial charge in [0.05, 0.1) is 17.7 Å². The fraction of sp³-hybridized carbons (Fsp3) is 0.174. The summed E-state index contributed by atoms with van der Waals surface area (Å²) < 4.78 is 13.3. The standard InChI is InChI=1S/C23H19FN2O3S/c24-16-9-11-17(12-10-16)26(15-18-5-4-14-30-18)21(27)8-3-13-25-22(28)19-6-1-2-7-20(19)23(25)29/h1-2,4-7,9-12,14H,3,8,13,15H2. The Morgan fingerprint density at radius 3 is 2.20 bits per heavy atom. The highest BCUT2D eigenvalue weighted by Gasteiger charge is 2.34. The van der Waals surface area contributed by atoms with Crippen molar-refractivity contribution in [3.8, 4) is 0 Å². The fourth-order valence-electron chi connectivity index (χ4n) is 3.47. The molecule has 2 heterocycles. The molecule has 0 N–H and O–H groups in total. The molecule has 7 heteroatoms. The predicted octanol–water partition coefficient (Wildman–Crippen LogP) is 4.50. The van der Waals surface area contributed by atoms with Crippen molar-refractivity contribution in [2.45, 2.75) is 19.4 Å². The number of carbonyl (C=O) groups is 3. The molecule has 0 saturated carbocycles. The SMILES string of the molecule is O=C1c2ccccc2C(=O)N1CCCC(=O)N(Cc1cccs1)c1ccc(F)cc1. The van der Waals surface area contributed by atoms with Crippen LogP contribution < -0.4 is 4.90 Å². The van der Waals surface area contributed by atoms with Gasteiger partial charge in [0.25, 0.3) is 11.8 Å². The van der Waals surface area contributed by atoms with E-state index in [0.717, 1.165) is 4.88 Å². The normalized spacial score (nSPS) is 12.9. The summed E-state index contributed by atoms with van der Waals surface area (Å²) in [5.74, 6) is -1.16. The number of carbonyl (C=O) groups excluding carboxylic acids is 3. The topological polar surface area (TPSA) is 57.7 Å². The number of hydrogen-bond donors (Lipinski definition) is 0. The Kier molecular flexibility index (Phi) is 5.72. The fourth-order valence-corrected chi connectivity index (χ4v) is 4.16. The van der Waals surface area contributed by atoms with Gasteiger partial charge in [-0.25, -0.2) is 4.39 Å². The van der Waals surface area contributed by atoms with Crippen LogP contribution in [-0.2, 0) is 11.3 Å². The molecule has 0 bridgehead atoms. The van der Waals surface area contributed by atoms with Gasteiger partial charge in [-0.1, -0.05) is 18.2 Å². The van der Waals surface area contributed by atoms with Crippen LogP contribution in [0.5, 0.6) is 0 Å². The number of amides is 3. The summed E-state index contributed by atoms with van der Waals surface area (Å²) in [5.41, 5.74) is 1.41. The van der Waals surface area contributed by atoms with E-state index >= 15 is 0 Å². The van der Waals surface area contributed by atoms with Crippen molar-refractivity contribution in [3.05, 3.63) is 87.9 Å². The first-order valence-corrected chi connectivity index (χ1v) is 10.5. The number of thiophene rings is 1. The largest absolute Gasteiger partial charge is 0.307 e.